The number of benzene rings is 1. The fourth-order valence-electron chi connectivity index (χ4n) is 1.91. The van der Waals surface area contributed by atoms with E-state index in [4.69, 9.17) is 5.11 Å². The number of nitrogens with zero attached hydrogens (tertiary/aromatic N) is 2. The average Bonchev–Trinajstić information content (AvgIpc) is 2.84. The standard InChI is InChI=1S/C13H9N3O3/c17-11-6-10(8-4-2-1-3-5-8)15-12-9(13(18)19)7-14-16(11)12/h1-7,15H,(H,18,19). The third kappa shape index (κ3) is 1.79. The maximum Gasteiger partial charge on any atom is 0.341 e. The van der Waals surface area contributed by atoms with Gasteiger partial charge in [-0.2, -0.15) is 9.61 Å². The number of hydrogen-bond donors (Lipinski definition) is 2. The van der Waals surface area contributed by atoms with Gasteiger partial charge in [0.15, 0.2) is 5.65 Å². The van der Waals surface area contributed by atoms with E-state index in [1.165, 1.54) is 6.07 Å². The second-order valence-electron chi connectivity index (χ2n) is 4.01. The minimum absolute atomic E-state index is 0.0325. The van der Waals surface area contributed by atoms with Crippen molar-refractivity contribution in [2.75, 3.05) is 0 Å². The molecule has 0 aliphatic rings. The molecule has 0 saturated heterocycles. The molecule has 0 fully saturated rings. The summed E-state index contributed by atoms with van der Waals surface area (Å²) in [4.78, 5) is 25.9. The number of carboxylic acid groups (broad SMARTS) is 1. The van der Waals surface area contributed by atoms with Crippen molar-refractivity contribution in [3.8, 4) is 11.3 Å². The monoisotopic (exact) mass is 255 g/mol. The number of aromatic carboxylic acids is 1. The Labute approximate surface area is 106 Å². The maximum atomic E-state index is 11.9. The van der Waals surface area contributed by atoms with E-state index >= 15 is 0 Å². The molecule has 3 rings (SSSR count). The van der Waals surface area contributed by atoms with Gasteiger partial charge in [0.2, 0.25) is 0 Å². The lowest BCUT2D eigenvalue weighted by atomic mass is 10.1. The summed E-state index contributed by atoms with van der Waals surface area (Å²) in [5.74, 6) is -1.13. The lowest BCUT2D eigenvalue weighted by Gasteiger charge is -2.02. The third-order valence-corrected chi connectivity index (χ3v) is 2.81. The van der Waals surface area contributed by atoms with E-state index in [1.54, 1.807) is 0 Å². The number of aromatic amines is 1. The first-order valence-corrected chi connectivity index (χ1v) is 5.56. The summed E-state index contributed by atoms with van der Waals surface area (Å²) in [6, 6.07) is 10.6. The van der Waals surface area contributed by atoms with Crippen LogP contribution in [0.25, 0.3) is 16.9 Å². The Morgan fingerprint density at radius 1 is 1.26 bits per heavy atom. The summed E-state index contributed by atoms with van der Waals surface area (Å²) in [5, 5.41) is 12.8. The summed E-state index contributed by atoms with van der Waals surface area (Å²) in [7, 11) is 0. The SMILES string of the molecule is O=C(O)c1cnn2c(=O)cc(-c3ccccc3)[nH]c12. The smallest absolute Gasteiger partial charge is 0.341 e. The number of fused-ring (bicyclic) bond motifs is 1. The van der Waals surface area contributed by atoms with Gasteiger partial charge in [0.25, 0.3) is 5.56 Å². The van der Waals surface area contributed by atoms with Crippen LogP contribution in [0.5, 0.6) is 0 Å². The summed E-state index contributed by atoms with van der Waals surface area (Å²) in [6.45, 7) is 0. The Kier molecular flexibility index (Phi) is 2.42. The second-order valence-corrected chi connectivity index (χ2v) is 4.01. The van der Waals surface area contributed by atoms with E-state index in [-0.39, 0.29) is 16.8 Å². The molecule has 6 heteroatoms. The Bertz CT molecular complexity index is 818. The first-order chi connectivity index (χ1) is 9.16. The molecule has 0 unspecified atom stereocenters. The summed E-state index contributed by atoms with van der Waals surface area (Å²) < 4.78 is 1.04. The van der Waals surface area contributed by atoms with Gasteiger partial charge in [-0.05, 0) is 5.56 Å². The van der Waals surface area contributed by atoms with Gasteiger partial charge in [-0.25, -0.2) is 4.79 Å². The molecule has 0 aliphatic carbocycles. The lowest BCUT2D eigenvalue weighted by molar-refractivity contribution is 0.0699. The van der Waals surface area contributed by atoms with Crippen molar-refractivity contribution in [3.63, 3.8) is 0 Å². The molecular formula is C13H9N3O3. The number of carboxylic acids is 1. The van der Waals surface area contributed by atoms with Crippen molar-refractivity contribution in [1.29, 1.82) is 0 Å². The fraction of sp³-hybridized carbons (Fsp3) is 0. The molecule has 0 bridgehead atoms. The molecule has 94 valence electrons. The van der Waals surface area contributed by atoms with Gasteiger partial charge in [-0.3, -0.25) is 4.79 Å². The van der Waals surface area contributed by atoms with Crippen LogP contribution in [0.1, 0.15) is 10.4 Å². The molecule has 2 aromatic heterocycles. The highest BCUT2D eigenvalue weighted by Gasteiger charge is 2.14. The zero-order valence-corrected chi connectivity index (χ0v) is 9.70. The molecule has 19 heavy (non-hydrogen) atoms. The highest BCUT2D eigenvalue weighted by Crippen LogP contribution is 2.16. The van der Waals surface area contributed by atoms with Gasteiger partial charge in [0, 0.05) is 6.07 Å². The van der Waals surface area contributed by atoms with Crippen LogP contribution in [0.4, 0.5) is 0 Å². The zero-order valence-electron chi connectivity index (χ0n) is 9.70. The van der Waals surface area contributed by atoms with Gasteiger partial charge in [0.1, 0.15) is 5.56 Å². The van der Waals surface area contributed by atoms with E-state index in [9.17, 15) is 9.59 Å². The molecule has 0 amide bonds. The molecule has 0 aliphatic heterocycles. The van der Waals surface area contributed by atoms with E-state index < -0.39 is 5.97 Å². The second kappa shape index (κ2) is 4.09. The zero-order chi connectivity index (χ0) is 13.4. The van der Waals surface area contributed by atoms with E-state index in [2.05, 4.69) is 10.1 Å². The minimum atomic E-state index is -1.13. The predicted molar refractivity (Wildman–Crippen MR) is 68.2 cm³/mol. The lowest BCUT2D eigenvalue weighted by Crippen LogP contribution is -2.15. The first-order valence-electron chi connectivity index (χ1n) is 5.56. The van der Waals surface area contributed by atoms with E-state index in [0.717, 1.165) is 16.3 Å². The third-order valence-electron chi connectivity index (χ3n) is 2.81. The number of aromatic nitrogens is 3. The van der Waals surface area contributed by atoms with Gasteiger partial charge in [0.05, 0.1) is 11.9 Å². The summed E-state index contributed by atoms with van der Waals surface area (Å²) >= 11 is 0. The van der Waals surface area contributed by atoms with Crippen LogP contribution in [0.3, 0.4) is 0 Å². The van der Waals surface area contributed by atoms with Crippen molar-refractivity contribution in [2.45, 2.75) is 0 Å². The van der Waals surface area contributed by atoms with Gasteiger partial charge in [-0.1, -0.05) is 30.3 Å². The largest absolute Gasteiger partial charge is 0.477 e. The molecule has 0 saturated carbocycles. The van der Waals surface area contributed by atoms with Crippen molar-refractivity contribution in [1.82, 2.24) is 14.6 Å². The maximum absolute atomic E-state index is 11.9. The number of H-pyrrole nitrogens is 1. The quantitative estimate of drug-likeness (QED) is 0.724. The molecule has 0 atom stereocenters. The molecule has 0 radical (unpaired) electrons. The Hall–Kier alpha value is -2.89. The topological polar surface area (TPSA) is 87.5 Å². The number of nitrogens with one attached hydrogen (secondary N) is 1. The Morgan fingerprint density at radius 3 is 2.68 bits per heavy atom. The normalized spacial score (nSPS) is 10.7. The van der Waals surface area contributed by atoms with Crippen LogP contribution in [0, 0.1) is 0 Å². The van der Waals surface area contributed by atoms with Crippen LogP contribution < -0.4 is 5.56 Å². The van der Waals surface area contributed by atoms with Crippen molar-refractivity contribution in [2.24, 2.45) is 0 Å². The van der Waals surface area contributed by atoms with E-state index in [0.29, 0.717) is 5.69 Å². The number of carbonyl (C=O) groups is 1. The van der Waals surface area contributed by atoms with Crippen molar-refractivity contribution < 1.29 is 9.90 Å². The van der Waals surface area contributed by atoms with Crippen LogP contribution >= 0.6 is 0 Å². The average molecular weight is 255 g/mol. The number of rotatable bonds is 2. The fourth-order valence-corrected chi connectivity index (χ4v) is 1.91. The molecule has 6 nitrogen and oxygen atoms in total. The summed E-state index contributed by atoms with van der Waals surface area (Å²) in [6.07, 6.45) is 1.16. The van der Waals surface area contributed by atoms with Crippen LogP contribution in [0.2, 0.25) is 0 Å². The van der Waals surface area contributed by atoms with Crippen LogP contribution in [-0.4, -0.2) is 25.7 Å². The first kappa shape index (κ1) is 11.2. The minimum Gasteiger partial charge on any atom is -0.477 e. The van der Waals surface area contributed by atoms with Crippen LogP contribution in [-0.2, 0) is 0 Å². The molecule has 3 aromatic rings. The Morgan fingerprint density at radius 2 is 2.00 bits per heavy atom. The molecule has 1 aromatic carbocycles. The molecule has 2 heterocycles. The van der Waals surface area contributed by atoms with Crippen molar-refractivity contribution in [3.05, 3.63) is 58.5 Å². The van der Waals surface area contributed by atoms with E-state index in [1.807, 2.05) is 30.3 Å². The van der Waals surface area contributed by atoms with Gasteiger partial charge >= 0.3 is 5.97 Å². The molecule has 2 N–H and O–H groups in total. The highest BCUT2D eigenvalue weighted by molar-refractivity contribution is 5.94. The molecule has 0 spiro atoms. The summed E-state index contributed by atoms with van der Waals surface area (Å²) in [5.41, 5.74) is 1.13. The number of hydrogen-bond acceptors (Lipinski definition) is 3. The van der Waals surface area contributed by atoms with Crippen LogP contribution in [0.15, 0.2) is 47.4 Å². The highest BCUT2D eigenvalue weighted by atomic mass is 16.4. The predicted octanol–water partition coefficient (Wildman–Crippen LogP) is 1.39. The van der Waals surface area contributed by atoms with Crippen molar-refractivity contribution >= 4 is 11.6 Å². The van der Waals surface area contributed by atoms with Gasteiger partial charge < -0.3 is 10.1 Å². The van der Waals surface area contributed by atoms with Gasteiger partial charge in [-0.15, -0.1) is 0 Å². The Balaban J connectivity index is 2.32. The molecular weight excluding hydrogens is 246 g/mol.